The van der Waals surface area contributed by atoms with E-state index in [-0.39, 0.29) is 0 Å². The number of aliphatic hydroxyl groups is 1. The quantitative estimate of drug-likeness (QED) is 0.790. The second-order valence-electron chi connectivity index (χ2n) is 4.35. The van der Waals surface area contributed by atoms with Gasteiger partial charge in [0.05, 0.1) is 12.2 Å². The number of aliphatic hydroxyl groups excluding tert-OH is 1. The summed E-state index contributed by atoms with van der Waals surface area (Å²) in [5.41, 5.74) is 7.27. The van der Waals surface area contributed by atoms with Crippen LogP contribution in [0.1, 0.15) is 24.5 Å². The summed E-state index contributed by atoms with van der Waals surface area (Å²) in [7, 11) is 0. The Morgan fingerprint density at radius 3 is 2.82 bits per heavy atom. The van der Waals surface area contributed by atoms with Crippen LogP contribution < -0.4 is 5.73 Å². The average molecular weight is 253 g/mol. The highest BCUT2D eigenvalue weighted by Crippen LogP contribution is 2.22. The summed E-state index contributed by atoms with van der Waals surface area (Å²) in [4.78, 5) is 0. The first-order chi connectivity index (χ1) is 8.25. The van der Waals surface area contributed by atoms with Crippen molar-refractivity contribution in [3.63, 3.8) is 0 Å². The van der Waals surface area contributed by atoms with Gasteiger partial charge >= 0.3 is 0 Å². The van der Waals surface area contributed by atoms with Gasteiger partial charge in [0.1, 0.15) is 0 Å². The lowest BCUT2D eigenvalue weighted by Gasteiger charge is -2.13. The van der Waals surface area contributed by atoms with Crippen LogP contribution in [0.3, 0.4) is 0 Å². The molecule has 0 radical (unpaired) electrons. The number of anilines is 1. The normalized spacial score (nSPS) is 21.6. The van der Waals surface area contributed by atoms with E-state index in [1.165, 1.54) is 6.42 Å². The third-order valence-corrected chi connectivity index (χ3v) is 4.08. The first kappa shape index (κ1) is 12.7. The smallest absolute Gasteiger partial charge is 0.0880 e. The van der Waals surface area contributed by atoms with Gasteiger partial charge in [0.2, 0.25) is 0 Å². The number of thioether (sulfide) groups is 1. The Balaban J connectivity index is 1.72. The lowest BCUT2D eigenvalue weighted by molar-refractivity contribution is 0.128. The van der Waals surface area contributed by atoms with Crippen LogP contribution >= 0.6 is 11.8 Å². The van der Waals surface area contributed by atoms with Gasteiger partial charge in [0, 0.05) is 23.8 Å². The highest BCUT2D eigenvalue weighted by molar-refractivity contribution is 7.99. The van der Waals surface area contributed by atoms with Gasteiger partial charge in [0.15, 0.2) is 0 Å². The monoisotopic (exact) mass is 253 g/mol. The van der Waals surface area contributed by atoms with Gasteiger partial charge < -0.3 is 15.6 Å². The molecule has 94 valence electrons. The minimum Gasteiger partial charge on any atom is -0.399 e. The van der Waals surface area contributed by atoms with Crippen LogP contribution in [0, 0.1) is 0 Å². The van der Waals surface area contributed by atoms with E-state index in [2.05, 4.69) is 0 Å². The van der Waals surface area contributed by atoms with E-state index in [1.54, 1.807) is 11.8 Å². The Morgan fingerprint density at radius 1 is 1.41 bits per heavy atom. The van der Waals surface area contributed by atoms with Crippen molar-refractivity contribution >= 4 is 17.4 Å². The maximum Gasteiger partial charge on any atom is 0.0880 e. The Labute approximate surface area is 106 Å². The molecule has 2 atom stereocenters. The molecule has 1 heterocycles. The van der Waals surface area contributed by atoms with Gasteiger partial charge in [-0.2, -0.15) is 11.8 Å². The molecule has 1 fully saturated rings. The van der Waals surface area contributed by atoms with E-state index in [0.717, 1.165) is 30.0 Å². The fourth-order valence-corrected chi connectivity index (χ4v) is 2.98. The minimum absolute atomic E-state index is 0.388. The van der Waals surface area contributed by atoms with E-state index < -0.39 is 6.10 Å². The second-order valence-corrected chi connectivity index (χ2v) is 5.43. The summed E-state index contributed by atoms with van der Waals surface area (Å²) in [6.45, 7) is 0.895. The van der Waals surface area contributed by atoms with Crippen molar-refractivity contribution in [2.45, 2.75) is 25.0 Å². The molecule has 1 aromatic rings. The molecule has 2 unspecified atom stereocenters. The summed E-state index contributed by atoms with van der Waals surface area (Å²) in [5, 5.41) is 9.98. The molecule has 1 aromatic carbocycles. The van der Waals surface area contributed by atoms with E-state index in [4.69, 9.17) is 10.5 Å². The zero-order chi connectivity index (χ0) is 12.1. The van der Waals surface area contributed by atoms with Gasteiger partial charge in [-0.05, 0) is 30.5 Å². The molecule has 4 heteroatoms. The van der Waals surface area contributed by atoms with Crippen LogP contribution in [0.15, 0.2) is 24.3 Å². The van der Waals surface area contributed by atoms with Crippen LogP contribution in [0.2, 0.25) is 0 Å². The Hall–Kier alpha value is -0.710. The average Bonchev–Trinajstić information content (AvgIpc) is 2.83. The fraction of sp³-hybridized carbons (Fsp3) is 0.538. The molecular weight excluding hydrogens is 234 g/mol. The van der Waals surface area contributed by atoms with Crippen molar-refractivity contribution in [2.75, 3.05) is 23.8 Å². The summed E-state index contributed by atoms with van der Waals surface area (Å²) in [5.74, 6) is 1.69. The molecular formula is C13H19NO2S. The van der Waals surface area contributed by atoms with Crippen LogP contribution in [0.4, 0.5) is 5.69 Å². The Kier molecular flexibility index (Phi) is 4.71. The third kappa shape index (κ3) is 3.91. The van der Waals surface area contributed by atoms with Crippen molar-refractivity contribution < 1.29 is 9.84 Å². The first-order valence-corrected chi connectivity index (χ1v) is 7.14. The van der Waals surface area contributed by atoms with E-state index in [9.17, 15) is 5.11 Å². The van der Waals surface area contributed by atoms with Gasteiger partial charge in [-0.25, -0.2) is 0 Å². The Bertz CT molecular complexity index is 336. The lowest BCUT2D eigenvalue weighted by atomic mass is 10.1. The molecule has 3 N–H and O–H groups in total. The number of benzene rings is 1. The van der Waals surface area contributed by atoms with Crippen LogP contribution in [0.25, 0.3) is 0 Å². The number of rotatable bonds is 5. The molecule has 1 aliphatic rings. The standard InChI is InChI=1S/C13H19NO2S/c14-11-5-3-10(4-6-11)13(15)9-17-8-12-2-1-7-16-12/h3-6,12-13,15H,1-2,7-9,14H2. The zero-order valence-electron chi connectivity index (χ0n) is 9.84. The van der Waals surface area contributed by atoms with E-state index in [0.29, 0.717) is 11.9 Å². The summed E-state index contributed by atoms with van der Waals surface area (Å²) >= 11 is 1.75. The Morgan fingerprint density at radius 2 is 2.18 bits per heavy atom. The largest absolute Gasteiger partial charge is 0.399 e. The molecule has 0 spiro atoms. The number of hydrogen-bond donors (Lipinski definition) is 2. The molecule has 17 heavy (non-hydrogen) atoms. The number of nitrogens with two attached hydrogens (primary N) is 1. The fourth-order valence-electron chi connectivity index (χ4n) is 1.90. The van der Waals surface area contributed by atoms with E-state index >= 15 is 0 Å². The number of hydrogen-bond acceptors (Lipinski definition) is 4. The molecule has 0 aliphatic carbocycles. The maximum atomic E-state index is 9.98. The first-order valence-electron chi connectivity index (χ1n) is 5.98. The zero-order valence-corrected chi connectivity index (χ0v) is 10.7. The van der Waals surface area contributed by atoms with Crippen molar-refractivity contribution in [1.82, 2.24) is 0 Å². The molecule has 0 saturated carbocycles. The highest BCUT2D eigenvalue weighted by Gasteiger charge is 2.16. The number of nitrogen functional groups attached to an aromatic ring is 1. The van der Waals surface area contributed by atoms with Crippen molar-refractivity contribution in [3.05, 3.63) is 29.8 Å². The topological polar surface area (TPSA) is 55.5 Å². The molecule has 3 nitrogen and oxygen atoms in total. The molecule has 1 saturated heterocycles. The van der Waals surface area contributed by atoms with Gasteiger partial charge in [-0.3, -0.25) is 0 Å². The predicted molar refractivity (Wildman–Crippen MR) is 72.1 cm³/mol. The van der Waals surface area contributed by atoms with Crippen molar-refractivity contribution in [2.24, 2.45) is 0 Å². The molecule has 1 aliphatic heterocycles. The van der Waals surface area contributed by atoms with Crippen LogP contribution in [0.5, 0.6) is 0 Å². The molecule has 0 aromatic heterocycles. The summed E-state index contributed by atoms with van der Waals surface area (Å²) < 4.78 is 5.54. The van der Waals surface area contributed by atoms with Crippen molar-refractivity contribution in [3.8, 4) is 0 Å². The van der Waals surface area contributed by atoms with Gasteiger partial charge in [-0.1, -0.05) is 12.1 Å². The van der Waals surface area contributed by atoms with Crippen LogP contribution in [-0.2, 0) is 4.74 Å². The van der Waals surface area contributed by atoms with Gasteiger partial charge in [-0.15, -0.1) is 0 Å². The molecule has 0 amide bonds. The van der Waals surface area contributed by atoms with Crippen LogP contribution in [-0.4, -0.2) is 29.3 Å². The second kappa shape index (κ2) is 6.28. The molecule has 2 rings (SSSR count). The molecule has 0 bridgehead atoms. The van der Waals surface area contributed by atoms with Gasteiger partial charge in [0.25, 0.3) is 0 Å². The van der Waals surface area contributed by atoms with E-state index in [1.807, 2.05) is 24.3 Å². The highest BCUT2D eigenvalue weighted by atomic mass is 32.2. The maximum absolute atomic E-state index is 9.98. The third-order valence-electron chi connectivity index (χ3n) is 2.92. The minimum atomic E-state index is -0.415. The summed E-state index contributed by atoms with van der Waals surface area (Å²) in [6, 6.07) is 7.41. The van der Waals surface area contributed by atoms with Crippen molar-refractivity contribution in [1.29, 1.82) is 0 Å². The lowest BCUT2D eigenvalue weighted by Crippen LogP contribution is -2.10. The predicted octanol–water partition coefficient (Wildman–Crippen LogP) is 2.21. The SMILES string of the molecule is Nc1ccc(C(O)CSCC2CCCO2)cc1. The summed E-state index contributed by atoms with van der Waals surface area (Å²) in [6.07, 6.45) is 2.30. The number of ether oxygens (including phenoxy) is 1.